The van der Waals surface area contributed by atoms with Crippen molar-refractivity contribution in [1.82, 2.24) is 4.98 Å². The summed E-state index contributed by atoms with van der Waals surface area (Å²) in [6.45, 7) is 7.73. The molecular weight excluding hydrogens is 650 g/mol. The fourth-order valence-electron chi connectivity index (χ4n) is 4.23. The van der Waals surface area contributed by atoms with Crippen molar-refractivity contribution in [3.63, 3.8) is 0 Å². The van der Waals surface area contributed by atoms with Crippen LogP contribution in [0.15, 0.2) is 77.8 Å². The van der Waals surface area contributed by atoms with Gasteiger partial charge in [-0.2, -0.15) is 0 Å². The van der Waals surface area contributed by atoms with E-state index in [1.165, 1.54) is 49.7 Å². The van der Waals surface area contributed by atoms with E-state index < -0.39 is 33.5 Å². The third kappa shape index (κ3) is 8.43. The van der Waals surface area contributed by atoms with Crippen LogP contribution in [0.25, 0.3) is 0 Å². The number of halogens is 1. The van der Waals surface area contributed by atoms with Crippen LogP contribution in [0.5, 0.6) is 28.7 Å². The van der Waals surface area contributed by atoms with Gasteiger partial charge in [0.25, 0.3) is 10.0 Å². The minimum Gasteiger partial charge on any atom is -0.497 e. The number of ether oxygens (including phenoxy) is 5. The molecule has 0 radical (unpaired) electrons. The minimum atomic E-state index is -4.43. The lowest BCUT2D eigenvalue weighted by atomic mass is 9.87. The Morgan fingerprint density at radius 3 is 2.26 bits per heavy atom. The highest BCUT2D eigenvalue weighted by Gasteiger charge is 2.32. The van der Waals surface area contributed by atoms with E-state index in [2.05, 4.69) is 15.0 Å². The molecule has 2 N–H and O–H groups in total. The number of hydrogen-bond acceptors (Lipinski definition) is 10. The number of methoxy groups -OCH3 is 2. The summed E-state index contributed by atoms with van der Waals surface area (Å²) in [5.41, 5.74) is -0.145. The summed E-state index contributed by atoms with van der Waals surface area (Å²) in [6.07, 6.45) is 0.346. The van der Waals surface area contributed by atoms with E-state index >= 15 is 0 Å². The van der Waals surface area contributed by atoms with Crippen LogP contribution < -0.4 is 29.0 Å². The molecule has 1 aromatic heterocycles. The molecule has 0 unspecified atom stereocenters. The quantitative estimate of drug-likeness (QED) is 0.153. The van der Waals surface area contributed by atoms with E-state index in [0.717, 1.165) is 12.7 Å². The number of nitrogens with zero attached hydrogens (tertiary/aromatic N) is 1. The predicted octanol–water partition coefficient (Wildman–Crippen LogP) is 7.43. The van der Waals surface area contributed by atoms with E-state index in [-0.39, 0.29) is 50.6 Å². The van der Waals surface area contributed by atoms with Crippen molar-refractivity contribution in [3.8, 4) is 28.7 Å². The molecule has 0 aliphatic rings. The first-order chi connectivity index (χ1) is 22.3. The first-order valence-corrected chi connectivity index (χ1v) is 16.1. The molecule has 0 bridgehead atoms. The third-order valence-corrected chi connectivity index (χ3v) is 8.29. The number of rotatable bonds is 11. The highest BCUT2D eigenvalue weighted by Crippen LogP contribution is 2.49. The van der Waals surface area contributed by atoms with Gasteiger partial charge in [0.15, 0.2) is 17.2 Å². The van der Waals surface area contributed by atoms with Gasteiger partial charge in [0.05, 0.1) is 30.7 Å². The Bertz CT molecular complexity index is 1860. The summed E-state index contributed by atoms with van der Waals surface area (Å²) >= 11 is 6.45. The maximum absolute atomic E-state index is 13.9. The van der Waals surface area contributed by atoms with Crippen molar-refractivity contribution in [1.29, 1.82) is 0 Å². The molecule has 1 amide bonds. The number of sulfonamides is 1. The second-order valence-corrected chi connectivity index (χ2v) is 13.0. The zero-order chi connectivity index (χ0) is 34.4. The lowest BCUT2D eigenvalue weighted by Crippen LogP contribution is -2.22. The molecule has 12 nitrogen and oxygen atoms in total. The molecule has 1 heterocycles. The number of esters is 1. The van der Waals surface area contributed by atoms with E-state index in [0.29, 0.717) is 5.75 Å². The molecule has 4 rings (SSSR count). The first-order valence-electron chi connectivity index (χ1n) is 14.2. The summed E-state index contributed by atoms with van der Waals surface area (Å²) in [4.78, 5) is 30.2. The van der Waals surface area contributed by atoms with Gasteiger partial charge in [-0.05, 0) is 54.3 Å². The summed E-state index contributed by atoms with van der Waals surface area (Å²) < 4.78 is 58.2. The van der Waals surface area contributed by atoms with Crippen LogP contribution in [0.1, 0.15) is 43.6 Å². The van der Waals surface area contributed by atoms with Crippen molar-refractivity contribution in [2.45, 2.75) is 38.0 Å². The predicted molar refractivity (Wildman–Crippen MR) is 177 cm³/mol. The lowest BCUT2D eigenvalue weighted by molar-refractivity contribution is 0.0597. The monoisotopic (exact) mass is 683 g/mol. The summed E-state index contributed by atoms with van der Waals surface area (Å²) in [5, 5.41) is 2.57. The van der Waals surface area contributed by atoms with Gasteiger partial charge in [0.2, 0.25) is 0 Å². The lowest BCUT2D eigenvalue weighted by Gasteiger charge is -2.22. The van der Waals surface area contributed by atoms with Crippen LogP contribution in [0, 0.1) is 0 Å². The van der Waals surface area contributed by atoms with Crippen molar-refractivity contribution >= 4 is 45.2 Å². The topological polar surface area (TPSA) is 151 Å². The maximum Gasteiger partial charge on any atom is 0.418 e. The molecule has 0 saturated heterocycles. The molecule has 0 saturated carbocycles. The molecule has 4 aromatic rings. The number of benzene rings is 3. The van der Waals surface area contributed by atoms with Crippen molar-refractivity contribution in [2.75, 3.05) is 30.9 Å². The number of pyridine rings is 1. The Balaban J connectivity index is 1.96. The molecule has 248 valence electrons. The Labute approximate surface area is 278 Å². The van der Waals surface area contributed by atoms with Crippen LogP contribution in [-0.4, -0.2) is 46.3 Å². The van der Waals surface area contributed by atoms with E-state index in [1.54, 1.807) is 37.3 Å². The summed E-state index contributed by atoms with van der Waals surface area (Å²) in [5.74, 6) is -1.33. The number of amides is 1. The summed E-state index contributed by atoms with van der Waals surface area (Å²) in [7, 11) is -1.87. The van der Waals surface area contributed by atoms with Crippen LogP contribution in [0.2, 0.25) is 5.02 Å². The Hall–Kier alpha value is -5.01. The fourth-order valence-corrected chi connectivity index (χ4v) is 5.46. The molecule has 0 spiro atoms. The number of hydrogen-bond donors (Lipinski definition) is 2. The van der Waals surface area contributed by atoms with Crippen LogP contribution in [-0.2, 0) is 20.2 Å². The van der Waals surface area contributed by atoms with E-state index in [4.69, 9.17) is 35.3 Å². The molecule has 0 atom stereocenters. The van der Waals surface area contributed by atoms with Gasteiger partial charge in [0.1, 0.15) is 28.6 Å². The first kappa shape index (κ1) is 34.9. The van der Waals surface area contributed by atoms with Gasteiger partial charge in [-0.15, -0.1) is 0 Å². The standard InChI is InChI=1S/C33H34ClN3O9S/c1-7-44-26-19-23(31(38)43-6)29(46-32(39)36-27-10-8-9-17-35-27)28(30(26)45-25-18-21(42-5)13-16-24(25)34)37-47(40,41)22-14-11-20(12-15-22)33(2,3)4/h8-19,37H,7H2,1-6H3,(H,35,36,39). The van der Waals surface area contributed by atoms with Crippen molar-refractivity contribution in [2.24, 2.45) is 0 Å². The second kappa shape index (κ2) is 14.6. The van der Waals surface area contributed by atoms with Crippen molar-refractivity contribution in [3.05, 3.63) is 89.1 Å². The number of carbonyl (C=O) groups excluding carboxylic acids is 2. The summed E-state index contributed by atoms with van der Waals surface area (Å²) in [6, 6.07) is 16.8. The maximum atomic E-state index is 13.9. The third-order valence-electron chi connectivity index (χ3n) is 6.61. The van der Waals surface area contributed by atoms with Crippen molar-refractivity contribution < 1.29 is 41.7 Å². The van der Waals surface area contributed by atoms with Crippen LogP contribution >= 0.6 is 11.6 Å². The molecule has 0 fully saturated rings. The number of nitrogens with one attached hydrogen (secondary N) is 2. The number of aromatic nitrogens is 1. The molecule has 3 aromatic carbocycles. The van der Waals surface area contributed by atoms with Gasteiger partial charge in [-0.25, -0.2) is 23.0 Å². The molecule has 0 aliphatic heterocycles. The van der Waals surface area contributed by atoms with E-state index in [9.17, 15) is 18.0 Å². The number of anilines is 2. The van der Waals surface area contributed by atoms with Crippen LogP contribution in [0.4, 0.5) is 16.3 Å². The zero-order valence-electron chi connectivity index (χ0n) is 26.5. The van der Waals surface area contributed by atoms with Gasteiger partial charge >= 0.3 is 12.1 Å². The van der Waals surface area contributed by atoms with Gasteiger partial charge in [0, 0.05) is 18.3 Å². The average Bonchev–Trinajstić information content (AvgIpc) is 3.04. The zero-order valence-corrected chi connectivity index (χ0v) is 28.1. The van der Waals surface area contributed by atoms with Crippen LogP contribution in [0.3, 0.4) is 0 Å². The largest absolute Gasteiger partial charge is 0.497 e. The molecular formula is C33H34ClN3O9S. The second-order valence-electron chi connectivity index (χ2n) is 10.9. The Morgan fingerprint density at radius 2 is 1.66 bits per heavy atom. The average molecular weight is 684 g/mol. The fraction of sp³-hybridized carbons (Fsp3) is 0.242. The normalized spacial score (nSPS) is 11.3. The molecule has 47 heavy (non-hydrogen) atoms. The minimum absolute atomic E-state index is 0.0386. The number of carbonyl (C=O) groups is 2. The SMILES string of the molecule is CCOc1cc(C(=O)OC)c(OC(=O)Nc2ccccn2)c(NS(=O)(=O)c2ccc(C(C)(C)C)cc2)c1Oc1cc(OC)ccc1Cl. The van der Waals surface area contributed by atoms with Gasteiger partial charge < -0.3 is 23.7 Å². The van der Waals surface area contributed by atoms with Gasteiger partial charge in [-0.3, -0.25) is 10.0 Å². The van der Waals surface area contributed by atoms with E-state index in [1.807, 2.05) is 20.8 Å². The highest BCUT2D eigenvalue weighted by atomic mass is 35.5. The Kier molecular flexibility index (Phi) is 10.8. The Morgan fingerprint density at radius 1 is 0.936 bits per heavy atom. The smallest absolute Gasteiger partial charge is 0.418 e. The van der Waals surface area contributed by atoms with Gasteiger partial charge in [-0.1, -0.05) is 50.6 Å². The molecule has 0 aliphatic carbocycles. The molecule has 14 heteroatoms. The highest BCUT2D eigenvalue weighted by molar-refractivity contribution is 7.92.